The van der Waals surface area contributed by atoms with Crippen molar-refractivity contribution >= 4 is 18.2 Å². The van der Waals surface area contributed by atoms with Gasteiger partial charge in [0, 0.05) is 25.0 Å². The maximum Gasteiger partial charge on any atom is 0.410 e. The van der Waals surface area contributed by atoms with Gasteiger partial charge in [-0.15, -0.1) is 0 Å². The summed E-state index contributed by atoms with van der Waals surface area (Å²) in [5.74, 6) is -1.36. The van der Waals surface area contributed by atoms with Gasteiger partial charge >= 0.3 is 18.2 Å². The van der Waals surface area contributed by atoms with Crippen molar-refractivity contribution in [3.63, 3.8) is 0 Å². The largest absolute Gasteiger partial charge is 0.481 e. The molecule has 1 saturated carbocycles. The molecule has 2 amide bonds. The van der Waals surface area contributed by atoms with E-state index in [2.05, 4.69) is 24.3 Å². The van der Waals surface area contributed by atoms with Crippen molar-refractivity contribution in [3.05, 3.63) is 59.7 Å². The molecule has 3 aliphatic rings. The summed E-state index contributed by atoms with van der Waals surface area (Å²) >= 11 is 0. The molecule has 36 heavy (non-hydrogen) atoms. The van der Waals surface area contributed by atoms with Crippen LogP contribution in [0, 0.1) is 5.92 Å². The Kier molecular flexibility index (Phi) is 6.14. The summed E-state index contributed by atoms with van der Waals surface area (Å²) in [6.45, 7) is 6.31. The van der Waals surface area contributed by atoms with Crippen LogP contribution in [-0.2, 0) is 14.3 Å². The Morgan fingerprint density at radius 2 is 1.50 bits per heavy atom. The lowest BCUT2D eigenvalue weighted by atomic mass is 9.78. The van der Waals surface area contributed by atoms with Gasteiger partial charge in [0.1, 0.15) is 12.2 Å². The summed E-state index contributed by atoms with van der Waals surface area (Å²) in [6.07, 6.45) is -0.0897. The molecule has 0 spiro atoms. The molecule has 0 atom stereocenters. The zero-order valence-corrected chi connectivity index (χ0v) is 20.8. The zero-order valence-electron chi connectivity index (χ0n) is 20.8. The van der Waals surface area contributed by atoms with Crippen LogP contribution in [0.4, 0.5) is 9.59 Å². The van der Waals surface area contributed by atoms with Crippen LogP contribution in [-0.4, -0.2) is 70.4 Å². The van der Waals surface area contributed by atoms with Crippen LogP contribution in [0.1, 0.15) is 50.7 Å². The summed E-state index contributed by atoms with van der Waals surface area (Å²) in [7, 11) is 0. The van der Waals surface area contributed by atoms with E-state index in [1.807, 2.05) is 45.0 Å². The Morgan fingerprint density at radius 1 is 0.944 bits per heavy atom. The topological polar surface area (TPSA) is 96.4 Å². The normalized spacial score (nSPS) is 21.0. The molecule has 8 nitrogen and oxygen atoms in total. The summed E-state index contributed by atoms with van der Waals surface area (Å²) in [4.78, 5) is 40.4. The number of carboxylic acid groups (broad SMARTS) is 1. The third-order valence-corrected chi connectivity index (χ3v) is 7.31. The second kappa shape index (κ2) is 9.15. The van der Waals surface area contributed by atoms with Gasteiger partial charge in [-0.1, -0.05) is 48.5 Å². The van der Waals surface area contributed by atoms with Crippen molar-refractivity contribution in [1.82, 2.24) is 9.80 Å². The number of hydrogen-bond donors (Lipinski definition) is 1. The van der Waals surface area contributed by atoms with Crippen LogP contribution in [0.25, 0.3) is 11.1 Å². The van der Waals surface area contributed by atoms with Crippen LogP contribution >= 0.6 is 0 Å². The number of likely N-dealkylation sites (tertiary alicyclic amines) is 1. The summed E-state index contributed by atoms with van der Waals surface area (Å²) in [5, 5.41) is 9.33. The van der Waals surface area contributed by atoms with Gasteiger partial charge in [-0.2, -0.15) is 0 Å². The Bertz CT molecular complexity index is 1130. The third kappa shape index (κ3) is 4.52. The van der Waals surface area contributed by atoms with Crippen molar-refractivity contribution in [1.29, 1.82) is 0 Å². The van der Waals surface area contributed by atoms with E-state index >= 15 is 0 Å². The molecular formula is C28H32N2O6. The van der Waals surface area contributed by atoms with Crippen molar-refractivity contribution in [2.75, 3.05) is 19.7 Å². The first kappa shape index (κ1) is 24.2. The smallest absolute Gasteiger partial charge is 0.410 e. The lowest BCUT2D eigenvalue weighted by Crippen LogP contribution is -2.66. The van der Waals surface area contributed by atoms with E-state index in [1.54, 1.807) is 9.80 Å². The Morgan fingerprint density at radius 3 is 2.03 bits per heavy atom. The van der Waals surface area contributed by atoms with Crippen molar-refractivity contribution < 1.29 is 29.0 Å². The second-order valence-electron chi connectivity index (χ2n) is 10.9. The highest BCUT2D eigenvalue weighted by Gasteiger charge is 2.48. The molecule has 1 saturated heterocycles. The molecule has 0 unspecified atom stereocenters. The number of carbonyl (C=O) groups excluding carboxylic acids is 2. The monoisotopic (exact) mass is 492 g/mol. The number of aliphatic carboxylic acids is 1. The number of ether oxygens (including phenoxy) is 2. The van der Waals surface area contributed by atoms with E-state index in [9.17, 15) is 19.5 Å². The Hall–Kier alpha value is -3.55. The predicted octanol–water partition coefficient (Wildman–Crippen LogP) is 4.72. The predicted molar refractivity (Wildman–Crippen MR) is 133 cm³/mol. The van der Waals surface area contributed by atoms with Crippen molar-refractivity contribution in [3.8, 4) is 11.1 Å². The van der Waals surface area contributed by atoms with Crippen molar-refractivity contribution in [2.45, 2.75) is 57.2 Å². The third-order valence-electron chi connectivity index (χ3n) is 7.31. The molecule has 8 heteroatoms. The first-order chi connectivity index (χ1) is 17.1. The minimum Gasteiger partial charge on any atom is -0.481 e. The summed E-state index contributed by atoms with van der Waals surface area (Å²) < 4.78 is 11.3. The van der Waals surface area contributed by atoms with E-state index in [-0.39, 0.29) is 24.6 Å². The summed E-state index contributed by atoms with van der Waals surface area (Å²) in [6, 6.07) is 15.9. The first-order valence-electron chi connectivity index (χ1n) is 12.5. The van der Waals surface area contributed by atoms with E-state index in [0.29, 0.717) is 25.9 Å². The number of amides is 2. The van der Waals surface area contributed by atoms with Crippen LogP contribution < -0.4 is 0 Å². The average molecular weight is 493 g/mol. The number of fused-ring (bicyclic) bond motifs is 3. The molecule has 190 valence electrons. The standard InChI is InChI=1S/C28H32N2O6/c1-28(2,3)36-26(33)29-14-19(15-29)30(18-12-17(13-18)25(31)32)27(34)35-16-24-22-10-6-4-8-20(22)21-9-5-7-11-23(21)24/h4-11,17-19,24H,12-16H2,1-3H3,(H,31,32). The number of carboxylic acids is 1. The van der Waals surface area contributed by atoms with Crippen LogP contribution in [0.15, 0.2) is 48.5 Å². The molecule has 2 fully saturated rings. The van der Waals surface area contributed by atoms with Gasteiger partial charge < -0.3 is 19.5 Å². The molecule has 1 N–H and O–H groups in total. The highest BCUT2D eigenvalue weighted by Crippen LogP contribution is 2.45. The van der Waals surface area contributed by atoms with E-state index < -0.39 is 29.7 Å². The molecule has 0 radical (unpaired) electrons. The molecule has 2 aromatic carbocycles. The van der Waals surface area contributed by atoms with E-state index in [1.165, 1.54) is 0 Å². The zero-order chi connectivity index (χ0) is 25.6. The average Bonchev–Trinajstić information content (AvgIpc) is 3.07. The molecule has 2 aromatic rings. The maximum atomic E-state index is 13.4. The molecule has 2 aliphatic carbocycles. The molecule has 1 aliphatic heterocycles. The highest BCUT2D eigenvalue weighted by molar-refractivity contribution is 5.79. The van der Waals surface area contributed by atoms with E-state index in [4.69, 9.17) is 9.47 Å². The molecular weight excluding hydrogens is 460 g/mol. The fourth-order valence-electron chi connectivity index (χ4n) is 5.39. The number of carbonyl (C=O) groups is 3. The maximum absolute atomic E-state index is 13.4. The highest BCUT2D eigenvalue weighted by atomic mass is 16.6. The number of benzene rings is 2. The number of rotatable bonds is 5. The van der Waals surface area contributed by atoms with Gasteiger partial charge in [0.15, 0.2) is 0 Å². The quantitative estimate of drug-likeness (QED) is 0.649. The Labute approximate surface area is 210 Å². The second-order valence-corrected chi connectivity index (χ2v) is 10.9. The number of nitrogens with zero attached hydrogens (tertiary/aromatic N) is 2. The molecule has 0 aromatic heterocycles. The lowest BCUT2D eigenvalue weighted by Gasteiger charge is -2.50. The molecule has 1 heterocycles. The van der Waals surface area contributed by atoms with Gasteiger partial charge in [-0.05, 0) is 55.9 Å². The van der Waals surface area contributed by atoms with Crippen LogP contribution in [0.5, 0.6) is 0 Å². The van der Waals surface area contributed by atoms with Crippen LogP contribution in [0.3, 0.4) is 0 Å². The first-order valence-corrected chi connectivity index (χ1v) is 12.5. The van der Waals surface area contributed by atoms with Gasteiger partial charge in [0.25, 0.3) is 0 Å². The molecule has 5 rings (SSSR count). The van der Waals surface area contributed by atoms with Crippen molar-refractivity contribution in [2.24, 2.45) is 5.92 Å². The fourth-order valence-corrected chi connectivity index (χ4v) is 5.39. The van der Waals surface area contributed by atoms with Gasteiger partial charge in [0.2, 0.25) is 0 Å². The summed E-state index contributed by atoms with van der Waals surface area (Å²) in [5.41, 5.74) is 3.97. The lowest BCUT2D eigenvalue weighted by molar-refractivity contribution is -0.147. The SMILES string of the molecule is CC(C)(C)OC(=O)N1CC(N(C(=O)OCC2c3ccccc3-c3ccccc32)C2CC(C(=O)O)C2)C1. The van der Waals surface area contributed by atoms with Crippen LogP contribution in [0.2, 0.25) is 0 Å². The fraction of sp³-hybridized carbons (Fsp3) is 0.464. The minimum absolute atomic E-state index is 0.0592. The number of hydrogen-bond acceptors (Lipinski definition) is 5. The van der Waals surface area contributed by atoms with E-state index in [0.717, 1.165) is 22.3 Å². The van der Waals surface area contributed by atoms with Gasteiger partial charge in [-0.25, -0.2) is 9.59 Å². The Balaban J connectivity index is 1.28. The molecule has 0 bridgehead atoms. The van der Waals surface area contributed by atoms with Gasteiger partial charge in [0.05, 0.1) is 12.0 Å². The van der Waals surface area contributed by atoms with Gasteiger partial charge in [-0.3, -0.25) is 9.69 Å². The minimum atomic E-state index is -0.845.